The van der Waals surface area contributed by atoms with Gasteiger partial charge in [0, 0.05) is 24.2 Å². The molecule has 0 saturated heterocycles. The van der Waals surface area contributed by atoms with Gasteiger partial charge in [0.2, 0.25) is 5.91 Å². The van der Waals surface area contributed by atoms with Gasteiger partial charge in [0.15, 0.2) is 0 Å². The predicted octanol–water partition coefficient (Wildman–Crippen LogP) is 4.70. The van der Waals surface area contributed by atoms with E-state index in [-0.39, 0.29) is 11.8 Å². The standard InChI is InChI=1S/C19H20Cl2N2O2/c1-2-22-19(25)14-6-4-7-15(12-14)23-18(24)8-3-5-13-9-10-16(20)17(21)11-13/h4,6-7,9-12H,2-3,5,8H2,1H3,(H,22,25)(H,23,24). The van der Waals surface area contributed by atoms with Gasteiger partial charge in [-0.2, -0.15) is 0 Å². The fourth-order valence-electron chi connectivity index (χ4n) is 2.37. The minimum Gasteiger partial charge on any atom is -0.352 e. The first-order chi connectivity index (χ1) is 12.0. The SMILES string of the molecule is CCNC(=O)c1cccc(NC(=O)CCCc2ccc(Cl)c(Cl)c2)c1. The van der Waals surface area contributed by atoms with Gasteiger partial charge >= 0.3 is 0 Å². The van der Waals surface area contributed by atoms with Crippen molar-refractivity contribution < 1.29 is 9.59 Å². The third-order valence-electron chi connectivity index (χ3n) is 3.60. The first-order valence-corrected chi connectivity index (χ1v) is 8.87. The Morgan fingerprint density at radius 3 is 2.56 bits per heavy atom. The molecule has 4 nitrogen and oxygen atoms in total. The maximum atomic E-state index is 12.1. The molecule has 2 N–H and O–H groups in total. The molecule has 0 radical (unpaired) electrons. The molecule has 0 bridgehead atoms. The van der Waals surface area contributed by atoms with E-state index in [9.17, 15) is 9.59 Å². The molecule has 0 unspecified atom stereocenters. The van der Waals surface area contributed by atoms with Crippen molar-refractivity contribution in [3.63, 3.8) is 0 Å². The highest BCUT2D eigenvalue weighted by Crippen LogP contribution is 2.23. The molecule has 132 valence electrons. The minimum atomic E-state index is -0.154. The summed E-state index contributed by atoms with van der Waals surface area (Å²) in [5.41, 5.74) is 2.18. The number of nitrogens with one attached hydrogen (secondary N) is 2. The molecular weight excluding hydrogens is 359 g/mol. The summed E-state index contributed by atoms with van der Waals surface area (Å²) in [6.45, 7) is 2.42. The largest absolute Gasteiger partial charge is 0.352 e. The number of carbonyl (C=O) groups is 2. The van der Waals surface area contributed by atoms with Crippen LogP contribution in [0.5, 0.6) is 0 Å². The van der Waals surface area contributed by atoms with Gasteiger partial charge in [0.1, 0.15) is 0 Å². The quantitative estimate of drug-likeness (QED) is 0.732. The summed E-state index contributed by atoms with van der Waals surface area (Å²) in [5, 5.41) is 6.59. The van der Waals surface area contributed by atoms with Crippen molar-refractivity contribution in [2.75, 3.05) is 11.9 Å². The fraction of sp³-hybridized carbons (Fsp3) is 0.263. The van der Waals surface area contributed by atoms with E-state index in [1.807, 2.05) is 19.1 Å². The van der Waals surface area contributed by atoms with Crippen LogP contribution in [0.3, 0.4) is 0 Å². The molecule has 25 heavy (non-hydrogen) atoms. The molecule has 0 aliphatic carbocycles. The summed E-state index contributed by atoms with van der Waals surface area (Å²) < 4.78 is 0. The van der Waals surface area contributed by atoms with E-state index < -0.39 is 0 Å². The molecule has 0 heterocycles. The topological polar surface area (TPSA) is 58.2 Å². The third kappa shape index (κ3) is 6.07. The molecule has 2 amide bonds. The molecule has 0 atom stereocenters. The summed E-state index contributed by atoms with van der Waals surface area (Å²) >= 11 is 11.9. The summed E-state index contributed by atoms with van der Waals surface area (Å²) in [6.07, 6.45) is 1.81. The van der Waals surface area contributed by atoms with Crippen molar-refractivity contribution in [3.8, 4) is 0 Å². The van der Waals surface area contributed by atoms with Crippen LogP contribution in [0.25, 0.3) is 0 Å². The van der Waals surface area contributed by atoms with Crippen LogP contribution in [0.2, 0.25) is 10.0 Å². The molecule has 2 aromatic carbocycles. The van der Waals surface area contributed by atoms with Crippen LogP contribution in [0.15, 0.2) is 42.5 Å². The Hall–Kier alpha value is -2.04. The Balaban J connectivity index is 1.84. The first-order valence-electron chi connectivity index (χ1n) is 8.11. The van der Waals surface area contributed by atoms with Gasteiger partial charge in [-0.3, -0.25) is 9.59 Å². The summed E-state index contributed by atoms with van der Waals surface area (Å²) in [7, 11) is 0. The lowest BCUT2D eigenvalue weighted by Gasteiger charge is -2.08. The monoisotopic (exact) mass is 378 g/mol. The fourth-order valence-corrected chi connectivity index (χ4v) is 2.69. The van der Waals surface area contributed by atoms with Crippen molar-refractivity contribution in [1.29, 1.82) is 0 Å². The zero-order valence-corrected chi connectivity index (χ0v) is 15.5. The minimum absolute atomic E-state index is 0.0897. The van der Waals surface area contributed by atoms with Crippen molar-refractivity contribution in [2.45, 2.75) is 26.2 Å². The van der Waals surface area contributed by atoms with Crippen molar-refractivity contribution in [2.24, 2.45) is 0 Å². The molecule has 0 spiro atoms. The number of anilines is 1. The van der Waals surface area contributed by atoms with Crippen LogP contribution < -0.4 is 10.6 Å². The highest BCUT2D eigenvalue weighted by molar-refractivity contribution is 6.42. The Morgan fingerprint density at radius 1 is 1.04 bits per heavy atom. The Morgan fingerprint density at radius 2 is 1.84 bits per heavy atom. The highest BCUT2D eigenvalue weighted by Gasteiger charge is 2.07. The molecule has 0 fully saturated rings. The lowest BCUT2D eigenvalue weighted by atomic mass is 10.1. The normalized spacial score (nSPS) is 10.4. The second-order valence-corrected chi connectivity index (χ2v) is 6.40. The second kappa shape index (κ2) is 9.44. The van der Waals surface area contributed by atoms with Crippen molar-refractivity contribution in [1.82, 2.24) is 5.32 Å². The average Bonchev–Trinajstić information content (AvgIpc) is 2.58. The number of hydrogen-bond donors (Lipinski definition) is 2. The van der Waals surface area contributed by atoms with Crippen molar-refractivity contribution >= 4 is 40.7 Å². The van der Waals surface area contributed by atoms with E-state index in [4.69, 9.17) is 23.2 Å². The highest BCUT2D eigenvalue weighted by atomic mass is 35.5. The number of halogens is 2. The number of rotatable bonds is 7. The van der Waals surface area contributed by atoms with Gasteiger partial charge in [-0.1, -0.05) is 35.3 Å². The van der Waals surface area contributed by atoms with Crippen molar-refractivity contribution in [3.05, 3.63) is 63.6 Å². The van der Waals surface area contributed by atoms with Crippen LogP contribution in [0.4, 0.5) is 5.69 Å². The number of amides is 2. The van der Waals surface area contributed by atoms with E-state index in [2.05, 4.69) is 10.6 Å². The van der Waals surface area contributed by atoms with Gasteiger partial charge in [-0.25, -0.2) is 0 Å². The first kappa shape index (κ1) is 19.3. The molecule has 0 aliphatic rings. The van der Waals surface area contributed by atoms with Gasteiger partial charge in [-0.05, 0) is 55.7 Å². The smallest absolute Gasteiger partial charge is 0.251 e. The Kier molecular flexibility index (Phi) is 7.29. The summed E-state index contributed by atoms with van der Waals surface area (Å²) in [5.74, 6) is -0.244. The van der Waals surface area contributed by atoms with E-state index in [1.165, 1.54) is 0 Å². The van der Waals surface area contributed by atoms with Gasteiger partial charge < -0.3 is 10.6 Å². The molecule has 2 aromatic rings. The zero-order valence-electron chi connectivity index (χ0n) is 13.9. The lowest BCUT2D eigenvalue weighted by molar-refractivity contribution is -0.116. The van der Waals surface area contributed by atoms with Gasteiger partial charge in [0.25, 0.3) is 5.91 Å². The number of carbonyl (C=O) groups excluding carboxylic acids is 2. The van der Waals surface area contributed by atoms with Crippen LogP contribution in [0, 0.1) is 0 Å². The molecule has 2 rings (SSSR count). The summed E-state index contributed by atoms with van der Waals surface area (Å²) in [4.78, 5) is 23.9. The molecule has 0 aromatic heterocycles. The Labute approximate surface area is 157 Å². The second-order valence-electron chi connectivity index (χ2n) is 5.59. The van der Waals surface area contributed by atoms with Crippen LogP contribution in [-0.2, 0) is 11.2 Å². The van der Waals surface area contributed by atoms with Gasteiger partial charge in [-0.15, -0.1) is 0 Å². The molecule has 0 saturated carbocycles. The zero-order chi connectivity index (χ0) is 18.2. The summed E-state index contributed by atoms with van der Waals surface area (Å²) in [6, 6.07) is 12.4. The maximum Gasteiger partial charge on any atom is 0.251 e. The van der Waals surface area contributed by atoms with Crippen LogP contribution in [0.1, 0.15) is 35.7 Å². The van der Waals surface area contributed by atoms with E-state index in [1.54, 1.807) is 30.3 Å². The predicted molar refractivity (Wildman–Crippen MR) is 102 cm³/mol. The van der Waals surface area contributed by atoms with E-state index in [0.29, 0.717) is 40.7 Å². The lowest BCUT2D eigenvalue weighted by Crippen LogP contribution is -2.22. The van der Waals surface area contributed by atoms with Gasteiger partial charge in [0.05, 0.1) is 10.0 Å². The Bertz CT molecular complexity index is 763. The number of aryl methyl sites for hydroxylation is 1. The van der Waals surface area contributed by atoms with E-state index in [0.717, 1.165) is 12.0 Å². The van der Waals surface area contributed by atoms with Crippen LogP contribution in [-0.4, -0.2) is 18.4 Å². The van der Waals surface area contributed by atoms with Crippen LogP contribution >= 0.6 is 23.2 Å². The number of hydrogen-bond acceptors (Lipinski definition) is 2. The molecule has 0 aliphatic heterocycles. The molecule has 6 heteroatoms. The third-order valence-corrected chi connectivity index (χ3v) is 4.34. The van der Waals surface area contributed by atoms with E-state index >= 15 is 0 Å². The maximum absolute atomic E-state index is 12.1. The number of benzene rings is 2. The average molecular weight is 379 g/mol. The molecular formula is C19H20Cl2N2O2.